The van der Waals surface area contributed by atoms with E-state index in [1.807, 2.05) is 0 Å². The molecule has 0 radical (unpaired) electrons. The Bertz CT molecular complexity index is 708. The molecule has 1 aromatic carbocycles. The molecule has 3 rings (SSSR count). The van der Waals surface area contributed by atoms with Crippen molar-refractivity contribution in [1.82, 2.24) is 9.62 Å². The molecule has 1 aliphatic heterocycles. The van der Waals surface area contributed by atoms with Gasteiger partial charge in [-0.25, -0.2) is 8.42 Å². The van der Waals surface area contributed by atoms with Crippen LogP contribution < -0.4 is 11.1 Å². The van der Waals surface area contributed by atoms with Gasteiger partial charge in [0, 0.05) is 19.1 Å². The predicted octanol–water partition coefficient (Wildman–Crippen LogP) is 1.72. The third kappa shape index (κ3) is 4.27. The Hall–Kier alpha value is -1.44. The van der Waals surface area contributed by atoms with Crippen molar-refractivity contribution >= 4 is 15.9 Å². The van der Waals surface area contributed by atoms with Crippen LogP contribution in [0.3, 0.4) is 0 Å². The van der Waals surface area contributed by atoms with Crippen LogP contribution in [0.15, 0.2) is 35.2 Å². The molecule has 0 bridgehead atoms. The first-order valence-corrected chi connectivity index (χ1v) is 11.0. The van der Waals surface area contributed by atoms with E-state index >= 15 is 0 Å². The maximum atomic E-state index is 12.8. The molecule has 144 valence electrons. The fourth-order valence-corrected chi connectivity index (χ4v) is 5.64. The third-order valence-corrected chi connectivity index (χ3v) is 7.55. The van der Waals surface area contributed by atoms with Crippen molar-refractivity contribution in [2.24, 2.45) is 17.6 Å². The fourth-order valence-electron chi connectivity index (χ4n) is 4.10. The molecule has 0 aromatic heterocycles. The Balaban J connectivity index is 1.65. The maximum absolute atomic E-state index is 12.8. The average Bonchev–Trinajstić information content (AvgIpc) is 2.69. The van der Waals surface area contributed by atoms with E-state index < -0.39 is 10.0 Å². The van der Waals surface area contributed by atoms with Crippen LogP contribution in [-0.4, -0.2) is 44.3 Å². The summed E-state index contributed by atoms with van der Waals surface area (Å²) in [4.78, 5) is 13.1. The molecule has 26 heavy (non-hydrogen) atoms. The molecule has 1 amide bonds. The summed E-state index contributed by atoms with van der Waals surface area (Å²) in [5.41, 5.74) is 5.85. The van der Waals surface area contributed by atoms with Gasteiger partial charge in [-0.1, -0.05) is 31.0 Å². The molecule has 3 atom stereocenters. The number of rotatable bonds is 5. The molecular weight excluding hydrogens is 350 g/mol. The number of piperidine rings is 1. The van der Waals surface area contributed by atoms with Gasteiger partial charge in [-0.2, -0.15) is 4.31 Å². The SMILES string of the molecule is NCC1CCCCC1NC(=O)C1CCCN(S(=O)(=O)c2ccccc2)C1. The van der Waals surface area contributed by atoms with Gasteiger partial charge in [-0.15, -0.1) is 0 Å². The number of nitrogens with zero attached hydrogens (tertiary/aromatic N) is 1. The molecule has 2 fully saturated rings. The van der Waals surface area contributed by atoms with Crippen LogP contribution in [0, 0.1) is 11.8 Å². The highest BCUT2D eigenvalue weighted by molar-refractivity contribution is 7.89. The number of nitrogens with two attached hydrogens (primary N) is 1. The van der Waals surface area contributed by atoms with Crippen LogP contribution in [-0.2, 0) is 14.8 Å². The van der Waals surface area contributed by atoms with Gasteiger partial charge in [0.15, 0.2) is 0 Å². The van der Waals surface area contributed by atoms with Gasteiger partial charge in [0.2, 0.25) is 15.9 Å². The summed E-state index contributed by atoms with van der Waals surface area (Å²) in [6, 6.07) is 8.57. The van der Waals surface area contributed by atoms with Gasteiger partial charge in [-0.3, -0.25) is 4.79 Å². The lowest BCUT2D eigenvalue weighted by Crippen LogP contribution is -2.50. The van der Waals surface area contributed by atoms with Crippen LogP contribution in [0.2, 0.25) is 0 Å². The fraction of sp³-hybridized carbons (Fsp3) is 0.632. The van der Waals surface area contributed by atoms with E-state index in [9.17, 15) is 13.2 Å². The third-order valence-electron chi connectivity index (χ3n) is 5.68. The number of nitrogens with one attached hydrogen (secondary N) is 1. The van der Waals surface area contributed by atoms with Gasteiger partial charge in [0.1, 0.15) is 0 Å². The van der Waals surface area contributed by atoms with Crippen LogP contribution in [0.1, 0.15) is 38.5 Å². The van der Waals surface area contributed by atoms with Gasteiger partial charge >= 0.3 is 0 Å². The van der Waals surface area contributed by atoms with Crippen LogP contribution in [0.5, 0.6) is 0 Å². The number of amides is 1. The molecule has 3 unspecified atom stereocenters. The molecule has 2 aliphatic rings. The quantitative estimate of drug-likeness (QED) is 0.815. The van der Waals surface area contributed by atoms with E-state index in [0.717, 1.165) is 25.7 Å². The van der Waals surface area contributed by atoms with Crippen molar-refractivity contribution in [2.75, 3.05) is 19.6 Å². The number of hydrogen-bond donors (Lipinski definition) is 2. The summed E-state index contributed by atoms with van der Waals surface area (Å²) in [6.45, 7) is 1.31. The lowest BCUT2D eigenvalue weighted by Gasteiger charge is -2.35. The maximum Gasteiger partial charge on any atom is 0.243 e. The molecule has 1 aromatic rings. The minimum atomic E-state index is -3.54. The minimum absolute atomic E-state index is 0.0247. The lowest BCUT2D eigenvalue weighted by molar-refractivity contribution is -0.127. The Morgan fingerprint density at radius 2 is 1.85 bits per heavy atom. The minimum Gasteiger partial charge on any atom is -0.353 e. The first-order valence-electron chi connectivity index (χ1n) is 9.58. The highest BCUT2D eigenvalue weighted by atomic mass is 32.2. The van der Waals surface area contributed by atoms with Crippen molar-refractivity contribution in [3.63, 3.8) is 0 Å². The summed E-state index contributed by atoms with van der Waals surface area (Å²) in [5, 5.41) is 3.16. The molecule has 0 spiro atoms. The summed E-state index contributed by atoms with van der Waals surface area (Å²) < 4.78 is 27.1. The Morgan fingerprint density at radius 3 is 2.58 bits per heavy atom. The number of sulfonamides is 1. The number of carbonyl (C=O) groups excluding carboxylic acids is 1. The lowest BCUT2D eigenvalue weighted by atomic mass is 9.84. The Labute approximate surface area is 156 Å². The standard InChI is InChI=1S/C19H29N3O3S/c20-13-15-7-4-5-11-18(15)21-19(23)16-8-6-12-22(14-16)26(24,25)17-9-2-1-3-10-17/h1-3,9-10,15-16,18H,4-8,11-14,20H2,(H,21,23). The van der Waals surface area contributed by atoms with Crippen molar-refractivity contribution in [3.8, 4) is 0 Å². The predicted molar refractivity (Wildman–Crippen MR) is 101 cm³/mol. The largest absolute Gasteiger partial charge is 0.353 e. The van der Waals surface area contributed by atoms with Crippen LogP contribution >= 0.6 is 0 Å². The Morgan fingerprint density at radius 1 is 1.12 bits per heavy atom. The van der Waals surface area contributed by atoms with E-state index in [1.54, 1.807) is 30.3 Å². The first kappa shape index (κ1) is 19.3. The van der Waals surface area contributed by atoms with Gasteiger partial charge in [-0.05, 0) is 50.3 Å². The summed E-state index contributed by atoms with van der Waals surface area (Å²) in [6.07, 6.45) is 5.73. The molecule has 3 N–H and O–H groups in total. The Kier molecular flexibility index (Phi) is 6.32. The van der Waals surface area contributed by atoms with E-state index in [1.165, 1.54) is 10.7 Å². The van der Waals surface area contributed by atoms with Crippen molar-refractivity contribution in [2.45, 2.75) is 49.5 Å². The van der Waals surface area contributed by atoms with E-state index in [-0.39, 0.29) is 29.3 Å². The molecular formula is C19H29N3O3S. The summed E-state index contributed by atoms with van der Waals surface area (Å²) >= 11 is 0. The summed E-state index contributed by atoms with van der Waals surface area (Å²) in [5.74, 6) is 0.0198. The van der Waals surface area contributed by atoms with E-state index in [4.69, 9.17) is 5.73 Å². The highest BCUT2D eigenvalue weighted by Gasteiger charge is 2.35. The van der Waals surface area contributed by atoms with Crippen LogP contribution in [0.4, 0.5) is 0 Å². The van der Waals surface area contributed by atoms with Gasteiger partial charge in [0.05, 0.1) is 10.8 Å². The molecule has 7 heteroatoms. The molecule has 1 aliphatic carbocycles. The normalized spacial score (nSPS) is 27.8. The number of carbonyl (C=O) groups is 1. The van der Waals surface area contributed by atoms with Crippen LogP contribution in [0.25, 0.3) is 0 Å². The molecule has 6 nitrogen and oxygen atoms in total. The van der Waals surface area contributed by atoms with E-state index in [2.05, 4.69) is 5.32 Å². The number of hydrogen-bond acceptors (Lipinski definition) is 4. The second kappa shape index (κ2) is 8.50. The second-order valence-corrected chi connectivity index (χ2v) is 9.35. The number of benzene rings is 1. The molecule has 1 saturated heterocycles. The zero-order valence-electron chi connectivity index (χ0n) is 15.1. The molecule has 1 heterocycles. The topological polar surface area (TPSA) is 92.5 Å². The zero-order chi connectivity index (χ0) is 18.6. The highest BCUT2D eigenvalue weighted by Crippen LogP contribution is 2.26. The van der Waals surface area contributed by atoms with Crippen molar-refractivity contribution in [1.29, 1.82) is 0 Å². The summed E-state index contributed by atoms with van der Waals surface area (Å²) in [7, 11) is -3.54. The van der Waals surface area contributed by atoms with Gasteiger partial charge < -0.3 is 11.1 Å². The van der Waals surface area contributed by atoms with Crippen molar-refractivity contribution in [3.05, 3.63) is 30.3 Å². The van der Waals surface area contributed by atoms with Gasteiger partial charge in [0.25, 0.3) is 0 Å². The first-order chi connectivity index (χ1) is 12.5. The van der Waals surface area contributed by atoms with Crippen molar-refractivity contribution < 1.29 is 13.2 Å². The smallest absolute Gasteiger partial charge is 0.243 e. The average molecular weight is 380 g/mol. The van der Waals surface area contributed by atoms with E-state index in [0.29, 0.717) is 25.4 Å². The zero-order valence-corrected chi connectivity index (χ0v) is 16.0. The monoisotopic (exact) mass is 379 g/mol. The molecule has 1 saturated carbocycles. The second-order valence-electron chi connectivity index (χ2n) is 7.41.